The number of nitrogens with two attached hydrogens (primary N) is 2. The summed E-state index contributed by atoms with van der Waals surface area (Å²) in [6.45, 7) is 12.6. The molecule has 4 rings (SSSR count). The first kappa shape index (κ1) is 26.7. The number of nitrogens with one attached hydrogen (secondary N) is 1. The summed E-state index contributed by atoms with van der Waals surface area (Å²) in [4.78, 5) is 0. The van der Waals surface area contributed by atoms with E-state index in [1.165, 1.54) is 27.8 Å². The Bertz CT molecular complexity index is 1310. The SMILES string of the molecule is CC(C)(C)CC(C)(C)c1ccc(-c2ccc(-c3ccc(Nc4ccc(CN)cc4CN)cc3)cc2)cc1. The molecule has 0 aliphatic carbocycles. The van der Waals surface area contributed by atoms with E-state index in [-0.39, 0.29) is 5.41 Å². The standard InChI is InChI=1S/C34H41N3/c1-33(2,3)23-34(4,5)30-15-11-27(12-16-30)25-7-9-26(10-8-25)28-13-17-31(18-14-28)37-32-19-6-24(21-35)20-29(32)22-36/h6-20,37H,21-23,35-36H2,1-5H3. The van der Waals surface area contributed by atoms with E-state index >= 15 is 0 Å². The van der Waals surface area contributed by atoms with Gasteiger partial charge in [-0.2, -0.15) is 0 Å². The molecule has 5 N–H and O–H groups in total. The maximum absolute atomic E-state index is 5.95. The zero-order valence-electron chi connectivity index (χ0n) is 22.9. The molecule has 3 heteroatoms. The minimum absolute atomic E-state index is 0.154. The van der Waals surface area contributed by atoms with Crippen molar-refractivity contribution in [1.29, 1.82) is 0 Å². The fraction of sp³-hybridized carbons (Fsp3) is 0.294. The van der Waals surface area contributed by atoms with Crippen LogP contribution >= 0.6 is 0 Å². The molecule has 0 aromatic heterocycles. The molecule has 3 nitrogen and oxygen atoms in total. The van der Waals surface area contributed by atoms with Crippen molar-refractivity contribution >= 4 is 11.4 Å². The average Bonchev–Trinajstić information content (AvgIpc) is 2.88. The number of benzene rings is 4. The highest BCUT2D eigenvalue weighted by Crippen LogP contribution is 2.37. The van der Waals surface area contributed by atoms with Crippen LogP contribution in [0.25, 0.3) is 22.3 Å². The maximum atomic E-state index is 5.95. The first-order chi connectivity index (χ1) is 17.6. The van der Waals surface area contributed by atoms with Gasteiger partial charge in [-0.25, -0.2) is 0 Å². The normalized spacial score (nSPS) is 12.0. The van der Waals surface area contributed by atoms with Gasteiger partial charge in [0.25, 0.3) is 0 Å². The fourth-order valence-electron chi connectivity index (χ4n) is 5.36. The summed E-state index contributed by atoms with van der Waals surface area (Å²) in [6.07, 6.45) is 1.15. The Morgan fingerprint density at radius 2 is 1.08 bits per heavy atom. The van der Waals surface area contributed by atoms with Crippen molar-refractivity contribution in [2.75, 3.05) is 5.32 Å². The Balaban J connectivity index is 1.46. The van der Waals surface area contributed by atoms with E-state index in [0.29, 0.717) is 18.5 Å². The predicted molar refractivity (Wildman–Crippen MR) is 160 cm³/mol. The van der Waals surface area contributed by atoms with Crippen molar-refractivity contribution < 1.29 is 0 Å². The minimum Gasteiger partial charge on any atom is -0.355 e. The second kappa shape index (κ2) is 10.9. The van der Waals surface area contributed by atoms with Crippen LogP contribution in [0.5, 0.6) is 0 Å². The van der Waals surface area contributed by atoms with Crippen LogP contribution in [0, 0.1) is 5.41 Å². The third-order valence-electron chi connectivity index (χ3n) is 6.98. The molecule has 0 saturated carbocycles. The van der Waals surface area contributed by atoms with Gasteiger partial charge in [-0.1, -0.05) is 107 Å². The molecule has 0 spiro atoms. The second-order valence-electron chi connectivity index (χ2n) is 11.9. The predicted octanol–water partition coefficient (Wildman–Crippen LogP) is 8.40. The molecule has 4 aromatic carbocycles. The van der Waals surface area contributed by atoms with E-state index in [9.17, 15) is 0 Å². The van der Waals surface area contributed by atoms with Gasteiger partial charge in [-0.05, 0) is 74.4 Å². The monoisotopic (exact) mass is 491 g/mol. The zero-order chi connectivity index (χ0) is 26.6. The molecule has 0 aliphatic rings. The molecular formula is C34H41N3. The van der Waals surface area contributed by atoms with Gasteiger partial charge < -0.3 is 16.8 Å². The van der Waals surface area contributed by atoms with E-state index in [2.05, 4.69) is 125 Å². The van der Waals surface area contributed by atoms with Crippen molar-refractivity contribution in [1.82, 2.24) is 0 Å². The average molecular weight is 492 g/mol. The molecule has 37 heavy (non-hydrogen) atoms. The van der Waals surface area contributed by atoms with Gasteiger partial charge in [0, 0.05) is 24.5 Å². The smallest absolute Gasteiger partial charge is 0.0429 e. The highest BCUT2D eigenvalue weighted by atomic mass is 14.9. The van der Waals surface area contributed by atoms with E-state index in [1.54, 1.807) is 0 Å². The quantitative estimate of drug-likeness (QED) is 0.232. The molecule has 0 saturated heterocycles. The summed E-state index contributed by atoms with van der Waals surface area (Å²) in [7, 11) is 0. The Labute approximate surface area is 222 Å². The Kier molecular flexibility index (Phi) is 7.87. The third kappa shape index (κ3) is 6.68. The molecule has 0 bridgehead atoms. The van der Waals surface area contributed by atoms with Crippen LogP contribution in [0.2, 0.25) is 0 Å². The van der Waals surface area contributed by atoms with Crippen molar-refractivity contribution in [3.05, 3.63) is 108 Å². The molecule has 192 valence electrons. The van der Waals surface area contributed by atoms with Crippen LogP contribution in [0.3, 0.4) is 0 Å². The van der Waals surface area contributed by atoms with Gasteiger partial charge in [-0.3, -0.25) is 0 Å². The van der Waals surface area contributed by atoms with E-state index in [4.69, 9.17) is 11.5 Å². The molecule has 0 aliphatic heterocycles. The summed E-state index contributed by atoms with van der Waals surface area (Å²) in [6, 6.07) is 32.6. The maximum Gasteiger partial charge on any atom is 0.0429 e. The van der Waals surface area contributed by atoms with Crippen molar-refractivity contribution in [2.24, 2.45) is 16.9 Å². The van der Waals surface area contributed by atoms with Crippen LogP contribution < -0.4 is 16.8 Å². The van der Waals surface area contributed by atoms with Crippen LogP contribution in [0.1, 0.15) is 57.7 Å². The lowest BCUT2D eigenvalue weighted by molar-refractivity contribution is 0.284. The summed E-state index contributed by atoms with van der Waals surface area (Å²) >= 11 is 0. The van der Waals surface area contributed by atoms with Crippen LogP contribution in [-0.2, 0) is 18.5 Å². The molecule has 0 unspecified atom stereocenters. The first-order valence-electron chi connectivity index (χ1n) is 13.2. The summed E-state index contributed by atoms with van der Waals surface area (Å²) in [5, 5.41) is 3.49. The molecule has 0 radical (unpaired) electrons. The fourth-order valence-corrected chi connectivity index (χ4v) is 5.36. The summed E-state index contributed by atoms with van der Waals surface area (Å²) < 4.78 is 0. The van der Waals surface area contributed by atoms with Gasteiger partial charge in [0.2, 0.25) is 0 Å². The minimum atomic E-state index is 0.154. The zero-order valence-corrected chi connectivity index (χ0v) is 22.9. The molecule has 0 heterocycles. The first-order valence-corrected chi connectivity index (χ1v) is 13.2. The van der Waals surface area contributed by atoms with Crippen LogP contribution in [-0.4, -0.2) is 0 Å². The highest BCUT2D eigenvalue weighted by Gasteiger charge is 2.27. The lowest BCUT2D eigenvalue weighted by atomic mass is 9.72. The van der Waals surface area contributed by atoms with Gasteiger partial charge in [0.15, 0.2) is 0 Å². The summed E-state index contributed by atoms with van der Waals surface area (Å²) in [5.74, 6) is 0. The highest BCUT2D eigenvalue weighted by molar-refractivity contribution is 5.73. The van der Waals surface area contributed by atoms with Crippen molar-refractivity contribution in [3.63, 3.8) is 0 Å². The lowest BCUT2D eigenvalue weighted by Crippen LogP contribution is -2.24. The molecule has 0 amide bonds. The molecule has 0 atom stereocenters. The molecule has 0 fully saturated rings. The number of anilines is 2. The van der Waals surface area contributed by atoms with Crippen molar-refractivity contribution in [3.8, 4) is 22.3 Å². The van der Waals surface area contributed by atoms with E-state index in [0.717, 1.165) is 28.9 Å². The Morgan fingerprint density at radius 1 is 0.595 bits per heavy atom. The van der Waals surface area contributed by atoms with Crippen molar-refractivity contribution in [2.45, 2.75) is 59.5 Å². The van der Waals surface area contributed by atoms with Crippen LogP contribution in [0.15, 0.2) is 91.0 Å². The second-order valence-corrected chi connectivity index (χ2v) is 11.9. The van der Waals surface area contributed by atoms with Gasteiger partial charge in [-0.15, -0.1) is 0 Å². The van der Waals surface area contributed by atoms with Gasteiger partial charge >= 0.3 is 0 Å². The lowest BCUT2D eigenvalue weighted by Gasteiger charge is -2.33. The Morgan fingerprint density at radius 3 is 1.54 bits per heavy atom. The van der Waals surface area contributed by atoms with Crippen LogP contribution in [0.4, 0.5) is 11.4 Å². The largest absolute Gasteiger partial charge is 0.355 e. The summed E-state index contributed by atoms with van der Waals surface area (Å²) in [5.41, 5.74) is 22.6. The number of hydrogen-bond acceptors (Lipinski definition) is 3. The van der Waals surface area contributed by atoms with Gasteiger partial charge in [0.1, 0.15) is 0 Å². The van der Waals surface area contributed by atoms with E-state index in [1.807, 2.05) is 6.07 Å². The Hall–Kier alpha value is -3.40. The van der Waals surface area contributed by atoms with E-state index < -0.39 is 0 Å². The third-order valence-corrected chi connectivity index (χ3v) is 6.98. The number of rotatable bonds is 8. The number of hydrogen-bond donors (Lipinski definition) is 3. The topological polar surface area (TPSA) is 64.1 Å². The van der Waals surface area contributed by atoms with Gasteiger partial charge in [0.05, 0.1) is 0 Å². The molecular weight excluding hydrogens is 450 g/mol. The molecule has 4 aromatic rings.